The van der Waals surface area contributed by atoms with Crippen LogP contribution < -0.4 is 5.73 Å². The van der Waals surface area contributed by atoms with Gasteiger partial charge < -0.3 is 5.73 Å². The second kappa shape index (κ2) is 4.43. The summed E-state index contributed by atoms with van der Waals surface area (Å²) in [7, 11) is 0. The van der Waals surface area contributed by atoms with Crippen molar-refractivity contribution in [2.75, 3.05) is 0 Å². The highest BCUT2D eigenvalue weighted by Crippen LogP contribution is 2.30. The van der Waals surface area contributed by atoms with Crippen LogP contribution in [0.25, 0.3) is 10.6 Å². The zero-order chi connectivity index (χ0) is 10.8. The third kappa shape index (κ3) is 2.45. The van der Waals surface area contributed by atoms with Crippen molar-refractivity contribution in [3.05, 3.63) is 27.4 Å². The Morgan fingerprint density at radius 2 is 2.33 bits per heavy atom. The quantitative estimate of drug-likeness (QED) is 0.892. The first kappa shape index (κ1) is 10.8. The molecular formula is C11H14N2S2. The average Bonchev–Trinajstić information content (AvgIpc) is 2.72. The summed E-state index contributed by atoms with van der Waals surface area (Å²) < 4.78 is 0. The Labute approximate surface area is 97.8 Å². The molecule has 80 valence electrons. The maximum absolute atomic E-state index is 5.77. The fourth-order valence-electron chi connectivity index (χ4n) is 1.46. The molecule has 0 amide bonds. The van der Waals surface area contributed by atoms with Gasteiger partial charge in [-0.2, -0.15) is 0 Å². The molecule has 0 saturated heterocycles. The summed E-state index contributed by atoms with van der Waals surface area (Å²) in [4.78, 5) is 7.18. The molecule has 0 aliphatic heterocycles. The fourth-order valence-corrected chi connectivity index (χ4v) is 3.38. The smallest absolute Gasteiger partial charge is 0.0951 e. The van der Waals surface area contributed by atoms with Gasteiger partial charge >= 0.3 is 0 Å². The molecule has 0 aliphatic rings. The average molecular weight is 238 g/mol. The van der Waals surface area contributed by atoms with Gasteiger partial charge in [-0.25, -0.2) is 4.98 Å². The molecule has 0 radical (unpaired) electrons. The minimum Gasteiger partial charge on any atom is -0.328 e. The van der Waals surface area contributed by atoms with Crippen molar-refractivity contribution in [3.8, 4) is 10.6 Å². The minimum atomic E-state index is 0.187. The highest BCUT2D eigenvalue weighted by atomic mass is 32.1. The number of nitrogens with two attached hydrogens (primary N) is 1. The van der Waals surface area contributed by atoms with Crippen molar-refractivity contribution < 1.29 is 0 Å². The molecule has 2 nitrogen and oxygen atoms in total. The molecule has 2 heterocycles. The fraction of sp³-hybridized carbons (Fsp3) is 0.364. The molecule has 2 N–H and O–H groups in total. The summed E-state index contributed by atoms with van der Waals surface area (Å²) in [5, 5.41) is 3.23. The topological polar surface area (TPSA) is 38.9 Å². The Morgan fingerprint density at radius 3 is 2.93 bits per heavy atom. The highest BCUT2D eigenvalue weighted by Gasteiger charge is 2.11. The Hall–Kier alpha value is -0.710. The molecule has 1 unspecified atom stereocenters. The van der Waals surface area contributed by atoms with E-state index in [9.17, 15) is 0 Å². The molecule has 0 bridgehead atoms. The highest BCUT2D eigenvalue weighted by molar-refractivity contribution is 7.15. The van der Waals surface area contributed by atoms with Crippen LogP contribution in [0.3, 0.4) is 0 Å². The summed E-state index contributed by atoms with van der Waals surface area (Å²) in [6, 6.07) is 4.36. The zero-order valence-electron chi connectivity index (χ0n) is 8.86. The second-order valence-corrected chi connectivity index (χ2v) is 5.91. The van der Waals surface area contributed by atoms with E-state index in [4.69, 9.17) is 5.73 Å². The van der Waals surface area contributed by atoms with E-state index in [1.807, 2.05) is 6.92 Å². The number of thiazole rings is 1. The van der Waals surface area contributed by atoms with Gasteiger partial charge in [-0.05, 0) is 25.3 Å². The molecule has 0 fully saturated rings. The van der Waals surface area contributed by atoms with Crippen molar-refractivity contribution in [1.82, 2.24) is 4.98 Å². The predicted molar refractivity (Wildman–Crippen MR) is 67.5 cm³/mol. The van der Waals surface area contributed by atoms with E-state index in [1.54, 1.807) is 22.7 Å². The van der Waals surface area contributed by atoms with Gasteiger partial charge in [0, 0.05) is 17.3 Å². The standard InChI is InChI=1S/C11H14N2S2/c1-7(12)6-10-13-11(8(2)15-10)9-4-3-5-14-9/h3-5,7H,6,12H2,1-2H3. The van der Waals surface area contributed by atoms with E-state index in [0.29, 0.717) is 0 Å². The number of thiophene rings is 1. The van der Waals surface area contributed by atoms with Crippen LogP contribution in [0.15, 0.2) is 17.5 Å². The summed E-state index contributed by atoms with van der Waals surface area (Å²) in [6.45, 7) is 4.14. The monoisotopic (exact) mass is 238 g/mol. The molecular weight excluding hydrogens is 224 g/mol. The van der Waals surface area contributed by atoms with Gasteiger partial charge in [-0.15, -0.1) is 22.7 Å². The molecule has 1 atom stereocenters. The zero-order valence-corrected chi connectivity index (χ0v) is 10.5. The van der Waals surface area contributed by atoms with Gasteiger partial charge in [-0.1, -0.05) is 6.07 Å². The van der Waals surface area contributed by atoms with Gasteiger partial charge in [0.05, 0.1) is 15.6 Å². The molecule has 2 aromatic heterocycles. The Balaban J connectivity index is 2.30. The molecule has 0 aromatic carbocycles. The lowest BCUT2D eigenvalue weighted by Crippen LogP contribution is -2.17. The largest absolute Gasteiger partial charge is 0.328 e. The number of hydrogen-bond acceptors (Lipinski definition) is 4. The van der Waals surface area contributed by atoms with Gasteiger partial charge in [-0.3, -0.25) is 0 Å². The molecule has 0 spiro atoms. The van der Waals surface area contributed by atoms with E-state index in [-0.39, 0.29) is 6.04 Å². The molecule has 2 aromatic rings. The van der Waals surface area contributed by atoms with E-state index in [1.165, 1.54) is 9.75 Å². The van der Waals surface area contributed by atoms with Crippen molar-refractivity contribution in [1.29, 1.82) is 0 Å². The number of aromatic nitrogens is 1. The predicted octanol–water partition coefficient (Wildman–Crippen LogP) is 3.07. The number of hydrogen-bond donors (Lipinski definition) is 1. The van der Waals surface area contributed by atoms with Crippen LogP contribution in [0.2, 0.25) is 0 Å². The Kier molecular flexibility index (Phi) is 3.19. The van der Waals surface area contributed by atoms with Crippen molar-refractivity contribution in [3.63, 3.8) is 0 Å². The second-order valence-electron chi connectivity index (χ2n) is 3.67. The molecule has 15 heavy (non-hydrogen) atoms. The van der Waals surface area contributed by atoms with Crippen LogP contribution >= 0.6 is 22.7 Å². The Bertz CT molecular complexity index is 429. The van der Waals surface area contributed by atoms with E-state index in [2.05, 4.69) is 29.4 Å². The SMILES string of the molecule is Cc1sc(CC(C)N)nc1-c1cccs1. The number of aryl methyl sites for hydroxylation is 1. The Morgan fingerprint density at radius 1 is 1.53 bits per heavy atom. The van der Waals surface area contributed by atoms with Crippen LogP contribution in [-0.4, -0.2) is 11.0 Å². The minimum absolute atomic E-state index is 0.187. The first-order chi connectivity index (χ1) is 7.16. The van der Waals surface area contributed by atoms with Gasteiger partial charge in [0.15, 0.2) is 0 Å². The summed E-state index contributed by atoms with van der Waals surface area (Å²) in [5.74, 6) is 0. The third-order valence-corrected chi connectivity index (χ3v) is 3.96. The van der Waals surface area contributed by atoms with Gasteiger partial charge in [0.2, 0.25) is 0 Å². The van der Waals surface area contributed by atoms with Crippen LogP contribution in [0.5, 0.6) is 0 Å². The first-order valence-corrected chi connectivity index (χ1v) is 6.62. The van der Waals surface area contributed by atoms with E-state index in [0.717, 1.165) is 17.1 Å². The van der Waals surface area contributed by atoms with Gasteiger partial charge in [0.25, 0.3) is 0 Å². The van der Waals surface area contributed by atoms with Crippen molar-refractivity contribution >= 4 is 22.7 Å². The molecule has 0 aliphatic carbocycles. The maximum Gasteiger partial charge on any atom is 0.0951 e. The molecule has 2 rings (SSSR count). The van der Waals surface area contributed by atoms with E-state index < -0.39 is 0 Å². The van der Waals surface area contributed by atoms with E-state index >= 15 is 0 Å². The number of nitrogens with zero attached hydrogens (tertiary/aromatic N) is 1. The van der Waals surface area contributed by atoms with Crippen LogP contribution in [0.1, 0.15) is 16.8 Å². The van der Waals surface area contributed by atoms with Crippen molar-refractivity contribution in [2.24, 2.45) is 5.73 Å². The lowest BCUT2D eigenvalue weighted by molar-refractivity contribution is 0.734. The molecule has 4 heteroatoms. The van der Waals surface area contributed by atoms with Gasteiger partial charge in [0.1, 0.15) is 0 Å². The van der Waals surface area contributed by atoms with Crippen LogP contribution in [0, 0.1) is 6.92 Å². The summed E-state index contributed by atoms with van der Waals surface area (Å²) >= 11 is 3.49. The summed E-state index contributed by atoms with van der Waals surface area (Å²) in [5.41, 5.74) is 6.90. The van der Waals surface area contributed by atoms with Crippen molar-refractivity contribution in [2.45, 2.75) is 26.3 Å². The normalized spacial score (nSPS) is 13.0. The van der Waals surface area contributed by atoms with Crippen LogP contribution in [0.4, 0.5) is 0 Å². The molecule has 0 saturated carbocycles. The lowest BCUT2D eigenvalue weighted by atomic mass is 10.2. The number of rotatable bonds is 3. The maximum atomic E-state index is 5.77. The lowest BCUT2D eigenvalue weighted by Gasteiger charge is -1.98. The summed E-state index contributed by atoms with van der Waals surface area (Å²) in [6.07, 6.45) is 0.872. The third-order valence-electron chi connectivity index (χ3n) is 2.09. The van der Waals surface area contributed by atoms with Crippen LogP contribution in [-0.2, 0) is 6.42 Å². The first-order valence-electron chi connectivity index (χ1n) is 4.92.